The second kappa shape index (κ2) is 5.32. The van der Waals surface area contributed by atoms with Crippen LogP contribution in [0.1, 0.15) is 24.8 Å². The number of hydrogen-bond acceptors (Lipinski definition) is 2. The molecule has 0 spiro atoms. The van der Waals surface area contributed by atoms with Gasteiger partial charge >= 0.3 is 0 Å². The maximum atomic E-state index is 5.45. The first-order chi connectivity index (χ1) is 7.74. The second-order valence-corrected chi connectivity index (χ2v) is 5.33. The van der Waals surface area contributed by atoms with Crippen LogP contribution in [0.5, 0.6) is 0 Å². The van der Waals surface area contributed by atoms with E-state index in [-0.39, 0.29) is 0 Å². The Morgan fingerprint density at radius 2 is 2.25 bits per heavy atom. The van der Waals surface area contributed by atoms with Gasteiger partial charge in [-0.25, -0.2) is 0 Å². The van der Waals surface area contributed by atoms with Gasteiger partial charge in [0.1, 0.15) is 0 Å². The summed E-state index contributed by atoms with van der Waals surface area (Å²) in [7, 11) is 1.97. The summed E-state index contributed by atoms with van der Waals surface area (Å²) in [6.45, 7) is 1.83. The van der Waals surface area contributed by atoms with Crippen LogP contribution in [0.15, 0.2) is 12.4 Å². The summed E-state index contributed by atoms with van der Waals surface area (Å²) in [5.41, 5.74) is 1.78. The molecular weight excluding hydrogens is 268 g/mol. The van der Waals surface area contributed by atoms with Gasteiger partial charge in [-0.1, -0.05) is 15.9 Å². The second-order valence-electron chi connectivity index (χ2n) is 4.77. The van der Waals surface area contributed by atoms with Gasteiger partial charge in [0.05, 0.1) is 6.20 Å². The fraction of sp³-hybridized carbons (Fsp3) is 0.750. The first-order valence-electron chi connectivity index (χ1n) is 5.85. The van der Waals surface area contributed by atoms with E-state index in [1.165, 1.54) is 24.8 Å². The molecule has 90 valence electrons. The molecule has 1 aromatic rings. The number of rotatable bonds is 4. The molecule has 1 aromatic heterocycles. The average molecular weight is 287 g/mol. The zero-order valence-corrected chi connectivity index (χ0v) is 11.4. The number of nitrogens with zero attached hydrogens (tertiary/aromatic N) is 2. The number of hydrogen-bond donors (Lipinski definition) is 0. The minimum atomic E-state index is 0.439. The van der Waals surface area contributed by atoms with E-state index in [0.717, 1.165) is 25.0 Å². The highest BCUT2D eigenvalue weighted by atomic mass is 79.9. The van der Waals surface area contributed by atoms with Crippen molar-refractivity contribution in [2.75, 3.05) is 18.5 Å². The van der Waals surface area contributed by atoms with Crippen LogP contribution in [0.2, 0.25) is 0 Å². The van der Waals surface area contributed by atoms with Gasteiger partial charge in [-0.05, 0) is 36.7 Å². The van der Waals surface area contributed by atoms with Crippen LogP contribution >= 0.6 is 15.9 Å². The Morgan fingerprint density at radius 1 is 1.50 bits per heavy atom. The molecule has 1 aliphatic rings. The summed E-state index contributed by atoms with van der Waals surface area (Å²) in [5.74, 6) is 0. The molecule has 0 aromatic carbocycles. The van der Waals surface area contributed by atoms with Crippen molar-refractivity contribution in [3.8, 4) is 0 Å². The molecule has 4 heteroatoms. The van der Waals surface area contributed by atoms with E-state index in [1.54, 1.807) is 0 Å². The van der Waals surface area contributed by atoms with E-state index in [2.05, 4.69) is 27.2 Å². The van der Waals surface area contributed by atoms with Crippen LogP contribution in [-0.4, -0.2) is 28.3 Å². The summed E-state index contributed by atoms with van der Waals surface area (Å²) in [4.78, 5) is 0. The summed E-state index contributed by atoms with van der Waals surface area (Å²) in [5, 5.41) is 5.30. The first-order valence-corrected chi connectivity index (χ1v) is 6.97. The van der Waals surface area contributed by atoms with Crippen LogP contribution in [-0.2, 0) is 18.2 Å². The van der Waals surface area contributed by atoms with Crippen LogP contribution in [0.25, 0.3) is 0 Å². The van der Waals surface area contributed by atoms with E-state index in [9.17, 15) is 0 Å². The molecule has 3 nitrogen and oxygen atoms in total. The minimum Gasteiger partial charge on any atom is -0.381 e. The van der Waals surface area contributed by atoms with Crippen LogP contribution in [0.3, 0.4) is 0 Å². The molecule has 0 saturated carbocycles. The van der Waals surface area contributed by atoms with Crippen molar-refractivity contribution in [2.24, 2.45) is 12.5 Å². The quantitative estimate of drug-likeness (QED) is 0.796. The molecule has 16 heavy (non-hydrogen) atoms. The van der Waals surface area contributed by atoms with E-state index >= 15 is 0 Å². The van der Waals surface area contributed by atoms with Crippen molar-refractivity contribution >= 4 is 15.9 Å². The van der Waals surface area contributed by atoms with Crippen molar-refractivity contribution in [3.63, 3.8) is 0 Å². The third-order valence-electron chi connectivity index (χ3n) is 3.54. The Morgan fingerprint density at radius 3 is 2.81 bits per heavy atom. The lowest BCUT2D eigenvalue weighted by molar-refractivity contribution is 0.0229. The number of alkyl halides is 1. The zero-order chi connectivity index (χ0) is 11.4. The lowest BCUT2D eigenvalue weighted by Gasteiger charge is -2.35. The maximum Gasteiger partial charge on any atom is 0.0521 e. The molecule has 0 radical (unpaired) electrons. The van der Waals surface area contributed by atoms with E-state index in [1.807, 2.05) is 17.9 Å². The van der Waals surface area contributed by atoms with Crippen LogP contribution < -0.4 is 0 Å². The molecule has 1 saturated heterocycles. The predicted octanol–water partition coefficient (Wildman–Crippen LogP) is 2.54. The van der Waals surface area contributed by atoms with E-state index < -0.39 is 0 Å². The average Bonchev–Trinajstić information content (AvgIpc) is 2.74. The minimum absolute atomic E-state index is 0.439. The fourth-order valence-corrected chi connectivity index (χ4v) is 3.11. The number of ether oxygens (including phenoxy) is 1. The largest absolute Gasteiger partial charge is 0.381 e. The third kappa shape index (κ3) is 2.86. The van der Waals surface area contributed by atoms with Gasteiger partial charge in [-0.15, -0.1) is 0 Å². The molecule has 0 unspecified atom stereocenters. The molecular formula is C12H19BrN2O. The molecule has 0 amide bonds. The SMILES string of the molecule is Cn1cc(CCC2(CBr)CCOCC2)cn1. The monoisotopic (exact) mass is 286 g/mol. The Kier molecular flexibility index (Phi) is 4.03. The topological polar surface area (TPSA) is 27.1 Å². The lowest BCUT2D eigenvalue weighted by Crippen LogP contribution is -2.31. The van der Waals surface area contributed by atoms with Crippen LogP contribution in [0.4, 0.5) is 0 Å². The van der Waals surface area contributed by atoms with Crippen LogP contribution in [0, 0.1) is 5.41 Å². The van der Waals surface area contributed by atoms with Gasteiger partial charge in [-0.2, -0.15) is 5.10 Å². The first kappa shape index (κ1) is 12.1. The van der Waals surface area contributed by atoms with Crippen molar-refractivity contribution in [2.45, 2.75) is 25.7 Å². The van der Waals surface area contributed by atoms with Crippen molar-refractivity contribution in [1.29, 1.82) is 0 Å². The van der Waals surface area contributed by atoms with Gasteiger partial charge in [-0.3, -0.25) is 4.68 Å². The number of halogens is 1. The summed E-state index contributed by atoms with van der Waals surface area (Å²) >= 11 is 3.67. The third-order valence-corrected chi connectivity index (χ3v) is 4.73. The highest BCUT2D eigenvalue weighted by Gasteiger charge is 2.31. The summed E-state index contributed by atoms with van der Waals surface area (Å²) in [6.07, 6.45) is 8.80. The molecule has 0 bridgehead atoms. The highest BCUT2D eigenvalue weighted by Crippen LogP contribution is 2.37. The van der Waals surface area contributed by atoms with Crippen molar-refractivity contribution < 1.29 is 4.74 Å². The van der Waals surface area contributed by atoms with Gasteiger partial charge in [0, 0.05) is 31.8 Å². The van der Waals surface area contributed by atoms with Crippen molar-refractivity contribution in [3.05, 3.63) is 18.0 Å². The van der Waals surface area contributed by atoms with Gasteiger partial charge in [0.15, 0.2) is 0 Å². The highest BCUT2D eigenvalue weighted by molar-refractivity contribution is 9.09. The molecule has 0 atom stereocenters. The normalized spacial score (nSPS) is 19.9. The smallest absolute Gasteiger partial charge is 0.0521 e. The van der Waals surface area contributed by atoms with Gasteiger partial charge in [0.25, 0.3) is 0 Å². The molecule has 0 N–H and O–H groups in total. The van der Waals surface area contributed by atoms with E-state index in [0.29, 0.717) is 5.41 Å². The van der Waals surface area contributed by atoms with E-state index in [4.69, 9.17) is 4.74 Å². The standard InChI is InChI=1S/C12H19BrN2O/c1-15-9-11(8-14-15)2-3-12(10-13)4-6-16-7-5-12/h8-9H,2-7,10H2,1H3. The predicted molar refractivity (Wildman–Crippen MR) is 67.8 cm³/mol. The molecule has 2 heterocycles. The molecule has 0 aliphatic carbocycles. The summed E-state index contributed by atoms with van der Waals surface area (Å²) in [6, 6.07) is 0. The molecule has 1 aliphatic heterocycles. The number of aromatic nitrogens is 2. The number of aryl methyl sites for hydroxylation is 2. The fourth-order valence-electron chi connectivity index (χ4n) is 2.27. The molecule has 1 fully saturated rings. The van der Waals surface area contributed by atoms with Crippen molar-refractivity contribution in [1.82, 2.24) is 9.78 Å². The Labute approximate surface area is 105 Å². The zero-order valence-electron chi connectivity index (χ0n) is 9.79. The summed E-state index contributed by atoms with van der Waals surface area (Å²) < 4.78 is 7.32. The Bertz CT molecular complexity index is 332. The molecule has 2 rings (SSSR count). The van der Waals surface area contributed by atoms with Gasteiger partial charge < -0.3 is 4.74 Å². The lowest BCUT2D eigenvalue weighted by atomic mass is 9.78. The maximum absolute atomic E-state index is 5.45. The van der Waals surface area contributed by atoms with Gasteiger partial charge in [0.2, 0.25) is 0 Å². The Balaban J connectivity index is 1.91. The Hall–Kier alpha value is -0.350.